The molecule has 96 valence electrons. The number of furan rings is 1. The van der Waals surface area contributed by atoms with Gasteiger partial charge >= 0.3 is 5.97 Å². The minimum Gasteiger partial charge on any atom is -0.475 e. The number of rotatable bonds is 5. The van der Waals surface area contributed by atoms with Crippen molar-refractivity contribution in [3.8, 4) is 0 Å². The van der Waals surface area contributed by atoms with E-state index in [9.17, 15) is 4.79 Å². The number of hydrogen-bond donors (Lipinski definition) is 2. The molecule has 2 aromatic rings. The maximum absolute atomic E-state index is 10.8. The highest BCUT2D eigenvalue weighted by Crippen LogP contribution is 2.21. The van der Waals surface area contributed by atoms with Crippen molar-refractivity contribution in [2.24, 2.45) is 0 Å². The zero-order valence-electron chi connectivity index (χ0n) is 9.70. The summed E-state index contributed by atoms with van der Waals surface area (Å²) in [5.41, 5.74) is 0.637. The van der Waals surface area contributed by atoms with Crippen molar-refractivity contribution < 1.29 is 14.3 Å². The van der Waals surface area contributed by atoms with Crippen molar-refractivity contribution in [3.63, 3.8) is 0 Å². The first-order chi connectivity index (χ1) is 8.56. The van der Waals surface area contributed by atoms with E-state index in [0.717, 1.165) is 9.21 Å². The van der Waals surface area contributed by atoms with Gasteiger partial charge in [-0.05, 0) is 25.1 Å². The van der Waals surface area contributed by atoms with Gasteiger partial charge in [-0.25, -0.2) is 4.79 Å². The minimum absolute atomic E-state index is 0.00553. The Morgan fingerprint density at radius 1 is 1.50 bits per heavy atom. The van der Waals surface area contributed by atoms with E-state index < -0.39 is 5.97 Å². The molecule has 0 radical (unpaired) electrons. The topological polar surface area (TPSA) is 62.5 Å². The Bertz CT molecular complexity index is 561. The third-order valence-electron chi connectivity index (χ3n) is 2.39. The molecule has 2 aromatic heterocycles. The van der Waals surface area contributed by atoms with Gasteiger partial charge < -0.3 is 14.8 Å². The molecule has 4 nitrogen and oxygen atoms in total. The number of hydrogen-bond acceptors (Lipinski definition) is 4. The third kappa shape index (κ3) is 3.13. The quantitative estimate of drug-likeness (QED) is 0.885. The first-order valence-corrected chi connectivity index (χ1v) is 6.53. The largest absolute Gasteiger partial charge is 0.475 e. The van der Waals surface area contributed by atoms with Crippen molar-refractivity contribution in [1.29, 1.82) is 0 Å². The highest BCUT2D eigenvalue weighted by Gasteiger charge is 2.13. The van der Waals surface area contributed by atoms with Crippen LogP contribution in [0.25, 0.3) is 0 Å². The molecule has 2 heterocycles. The van der Waals surface area contributed by atoms with Gasteiger partial charge in [0.05, 0.1) is 10.9 Å². The number of thiophene rings is 1. The average molecular weight is 286 g/mol. The fourth-order valence-electron chi connectivity index (χ4n) is 1.60. The van der Waals surface area contributed by atoms with Crippen LogP contribution in [0.5, 0.6) is 0 Å². The van der Waals surface area contributed by atoms with Crippen LogP contribution in [-0.4, -0.2) is 11.1 Å². The number of carboxylic acid groups (broad SMARTS) is 1. The van der Waals surface area contributed by atoms with Gasteiger partial charge in [0.15, 0.2) is 0 Å². The van der Waals surface area contributed by atoms with E-state index in [1.54, 1.807) is 13.0 Å². The van der Waals surface area contributed by atoms with E-state index >= 15 is 0 Å². The van der Waals surface area contributed by atoms with Crippen LogP contribution in [-0.2, 0) is 13.1 Å². The van der Waals surface area contributed by atoms with Crippen molar-refractivity contribution in [2.45, 2.75) is 20.0 Å². The molecule has 0 amide bonds. The molecule has 2 N–H and O–H groups in total. The van der Waals surface area contributed by atoms with Crippen LogP contribution >= 0.6 is 22.9 Å². The molecule has 2 rings (SSSR count). The van der Waals surface area contributed by atoms with Gasteiger partial charge in [0.1, 0.15) is 5.76 Å². The van der Waals surface area contributed by atoms with Gasteiger partial charge in [0, 0.05) is 17.0 Å². The molecule has 0 fully saturated rings. The lowest BCUT2D eigenvalue weighted by Crippen LogP contribution is -2.11. The summed E-state index contributed by atoms with van der Waals surface area (Å²) in [6.07, 6.45) is 0. The molecule has 0 aliphatic heterocycles. The molecule has 0 saturated heterocycles. The van der Waals surface area contributed by atoms with Crippen LogP contribution < -0.4 is 5.32 Å². The molecular formula is C12H12ClNO3S. The lowest BCUT2D eigenvalue weighted by Gasteiger charge is -1.99. The molecule has 0 atom stereocenters. The van der Waals surface area contributed by atoms with Gasteiger partial charge in [0.25, 0.3) is 0 Å². The SMILES string of the molecule is Cc1cc(CNCc2ccc(Cl)s2)oc1C(=O)O. The van der Waals surface area contributed by atoms with Crippen molar-refractivity contribution in [3.05, 3.63) is 44.5 Å². The number of halogens is 1. The van der Waals surface area contributed by atoms with Crippen LogP contribution in [0.4, 0.5) is 0 Å². The minimum atomic E-state index is -1.04. The number of carbonyl (C=O) groups is 1. The lowest BCUT2D eigenvalue weighted by atomic mass is 10.2. The summed E-state index contributed by atoms with van der Waals surface area (Å²) in [5.74, 6) is -0.415. The fourth-order valence-corrected chi connectivity index (χ4v) is 2.66. The number of aromatic carboxylic acids is 1. The second kappa shape index (κ2) is 5.56. The smallest absolute Gasteiger partial charge is 0.372 e. The van der Waals surface area contributed by atoms with Gasteiger partial charge in [-0.1, -0.05) is 11.6 Å². The van der Waals surface area contributed by atoms with Crippen molar-refractivity contribution >= 4 is 28.9 Å². The van der Waals surface area contributed by atoms with Crippen LogP contribution in [0.1, 0.15) is 26.8 Å². The Labute approximate surface area is 113 Å². The molecule has 0 unspecified atom stereocenters. The standard InChI is InChI=1S/C12H12ClNO3S/c1-7-4-8(17-11(7)12(15)16)5-14-6-9-2-3-10(13)18-9/h2-4,14H,5-6H2,1H3,(H,15,16). The Hall–Kier alpha value is -1.30. The van der Waals surface area contributed by atoms with Crippen LogP contribution in [0, 0.1) is 6.92 Å². The number of carboxylic acids is 1. The van der Waals surface area contributed by atoms with E-state index in [1.807, 2.05) is 12.1 Å². The predicted octanol–water partition coefficient (Wildman–Crippen LogP) is 3.29. The second-order valence-electron chi connectivity index (χ2n) is 3.84. The van der Waals surface area contributed by atoms with Crippen LogP contribution in [0.15, 0.2) is 22.6 Å². The first kappa shape index (κ1) is 13.1. The normalized spacial score (nSPS) is 10.8. The van der Waals surface area contributed by atoms with Gasteiger partial charge in [-0.2, -0.15) is 0 Å². The summed E-state index contributed by atoms with van der Waals surface area (Å²) in [5, 5.41) is 12.0. The molecule has 0 aliphatic carbocycles. The summed E-state index contributed by atoms with van der Waals surface area (Å²) in [4.78, 5) is 11.9. The van der Waals surface area contributed by atoms with E-state index in [2.05, 4.69) is 5.32 Å². The summed E-state index contributed by atoms with van der Waals surface area (Å²) < 4.78 is 5.99. The summed E-state index contributed by atoms with van der Waals surface area (Å²) in [6.45, 7) is 2.89. The zero-order chi connectivity index (χ0) is 13.1. The lowest BCUT2D eigenvalue weighted by molar-refractivity contribution is 0.0659. The third-order valence-corrected chi connectivity index (χ3v) is 3.62. The summed E-state index contributed by atoms with van der Waals surface area (Å²) >= 11 is 7.34. The molecule has 0 spiro atoms. The van der Waals surface area contributed by atoms with Crippen molar-refractivity contribution in [2.75, 3.05) is 0 Å². The predicted molar refractivity (Wildman–Crippen MR) is 70.3 cm³/mol. The average Bonchev–Trinajstić information content (AvgIpc) is 2.85. The Morgan fingerprint density at radius 3 is 2.83 bits per heavy atom. The second-order valence-corrected chi connectivity index (χ2v) is 5.64. The van der Waals surface area contributed by atoms with Crippen molar-refractivity contribution in [1.82, 2.24) is 5.32 Å². The fraction of sp³-hybridized carbons (Fsp3) is 0.250. The Morgan fingerprint density at radius 2 is 2.28 bits per heavy atom. The Kier molecular flexibility index (Phi) is 4.06. The van der Waals surface area contributed by atoms with E-state index in [-0.39, 0.29) is 5.76 Å². The molecule has 0 saturated carbocycles. The maximum Gasteiger partial charge on any atom is 0.372 e. The van der Waals surface area contributed by atoms with Crippen LogP contribution in [0.2, 0.25) is 4.34 Å². The number of nitrogens with one attached hydrogen (secondary N) is 1. The molecule has 6 heteroatoms. The monoisotopic (exact) mass is 285 g/mol. The highest BCUT2D eigenvalue weighted by atomic mass is 35.5. The van der Waals surface area contributed by atoms with E-state index in [0.29, 0.717) is 24.4 Å². The first-order valence-electron chi connectivity index (χ1n) is 5.34. The van der Waals surface area contributed by atoms with Crippen LogP contribution in [0.3, 0.4) is 0 Å². The maximum atomic E-state index is 10.8. The molecule has 0 bridgehead atoms. The molecule has 18 heavy (non-hydrogen) atoms. The highest BCUT2D eigenvalue weighted by molar-refractivity contribution is 7.16. The summed E-state index contributed by atoms with van der Waals surface area (Å²) in [6, 6.07) is 5.54. The van der Waals surface area contributed by atoms with Gasteiger partial charge in [0.2, 0.25) is 5.76 Å². The molecular weight excluding hydrogens is 274 g/mol. The number of aryl methyl sites for hydroxylation is 1. The molecule has 0 aromatic carbocycles. The summed E-state index contributed by atoms with van der Waals surface area (Å²) in [7, 11) is 0. The van der Waals surface area contributed by atoms with E-state index in [1.165, 1.54) is 11.3 Å². The van der Waals surface area contributed by atoms with Gasteiger partial charge in [-0.3, -0.25) is 0 Å². The van der Waals surface area contributed by atoms with Gasteiger partial charge in [-0.15, -0.1) is 11.3 Å². The van der Waals surface area contributed by atoms with E-state index in [4.69, 9.17) is 21.1 Å². The Balaban J connectivity index is 1.90. The zero-order valence-corrected chi connectivity index (χ0v) is 11.3. The molecule has 0 aliphatic rings.